The normalized spacial score (nSPS) is 11.0. The molecule has 0 aromatic heterocycles. The van der Waals surface area contributed by atoms with Gasteiger partial charge in [-0.3, -0.25) is 4.79 Å². The van der Waals surface area contributed by atoms with Gasteiger partial charge in [-0.05, 0) is 37.3 Å². The van der Waals surface area contributed by atoms with E-state index in [0.29, 0.717) is 6.42 Å². The average molecular weight is 217 g/mol. The second kappa shape index (κ2) is 10.8. The zero-order valence-electron chi connectivity index (χ0n) is 9.10. The first-order valence-electron chi connectivity index (χ1n) is 5.60. The van der Waals surface area contributed by atoms with Crippen LogP contribution in [0.2, 0.25) is 0 Å². The molecule has 0 saturated carbocycles. The first kappa shape index (κ1) is 13.7. The molecule has 0 aromatic carbocycles. The molecule has 1 nitrogen and oxygen atoms in total. The summed E-state index contributed by atoms with van der Waals surface area (Å²) in [6.45, 7) is 2.21. The molecule has 82 valence electrons. The fraction of sp³-hybridized carbons (Fsp3) is 0.750. The molecular formula is C12H21ClO. The molecule has 0 spiro atoms. The molecule has 0 aliphatic heterocycles. The van der Waals surface area contributed by atoms with E-state index in [4.69, 9.17) is 11.6 Å². The van der Waals surface area contributed by atoms with Crippen LogP contribution in [-0.4, -0.2) is 5.24 Å². The topological polar surface area (TPSA) is 17.1 Å². The quantitative estimate of drug-likeness (QED) is 0.316. The summed E-state index contributed by atoms with van der Waals surface area (Å²) in [6, 6.07) is 0. The highest BCUT2D eigenvalue weighted by molar-refractivity contribution is 6.63. The lowest BCUT2D eigenvalue weighted by molar-refractivity contribution is -0.111. The number of unbranched alkanes of at least 4 members (excludes halogenated alkanes) is 5. The fourth-order valence-corrected chi connectivity index (χ4v) is 1.39. The van der Waals surface area contributed by atoms with E-state index in [0.717, 1.165) is 19.3 Å². The summed E-state index contributed by atoms with van der Waals surface area (Å²) in [7, 11) is 0. The first-order chi connectivity index (χ1) is 6.77. The van der Waals surface area contributed by atoms with Crippen molar-refractivity contribution < 1.29 is 4.79 Å². The highest BCUT2D eigenvalue weighted by Gasteiger charge is 1.94. The molecule has 0 unspecified atom stereocenters. The molecule has 0 rings (SSSR count). The lowest BCUT2D eigenvalue weighted by atomic mass is 10.1. The van der Waals surface area contributed by atoms with Crippen LogP contribution in [0.25, 0.3) is 0 Å². The predicted octanol–water partition coefficient (Wildman–Crippen LogP) is 4.45. The molecule has 0 radical (unpaired) electrons. The van der Waals surface area contributed by atoms with E-state index < -0.39 is 0 Å². The molecule has 2 heteroatoms. The number of rotatable bonds is 9. The van der Waals surface area contributed by atoms with E-state index in [-0.39, 0.29) is 5.24 Å². The van der Waals surface area contributed by atoms with Gasteiger partial charge < -0.3 is 0 Å². The van der Waals surface area contributed by atoms with Gasteiger partial charge in [0.2, 0.25) is 5.24 Å². The van der Waals surface area contributed by atoms with Crippen LogP contribution in [0.1, 0.15) is 58.3 Å². The second-order valence-corrected chi connectivity index (χ2v) is 3.99. The van der Waals surface area contributed by atoms with Crippen molar-refractivity contribution in [2.24, 2.45) is 0 Å². The van der Waals surface area contributed by atoms with Gasteiger partial charge >= 0.3 is 0 Å². The lowest BCUT2D eigenvalue weighted by Gasteiger charge is -1.95. The van der Waals surface area contributed by atoms with Crippen LogP contribution in [-0.2, 0) is 4.79 Å². The van der Waals surface area contributed by atoms with Crippen LogP contribution >= 0.6 is 11.6 Å². The van der Waals surface area contributed by atoms with Crippen LogP contribution < -0.4 is 0 Å². The van der Waals surface area contributed by atoms with E-state index >= 15 is 0 Å². The second-order valence-electron chi connectivity index (χ2n) is 3.57. The summed E-state index contributed by atoms with van der Waals surface area (Å²) < 4.78 is 0. The summed E-state index contributed by atoms with van der Waals surface area (Å²) in [5, 5.41) is -0.205. The minimum absolute atomic E-state index is 0.205. The van der Waals surface area contributed by atoms with Gasteiger partial charge in [0, 0.05) is 6.42 Å². The molecule has 0 aliphatic carbocycles. The van der Waals surface area contributed by atoms with Crippen LogP contribution in [0.15, 0.2) is 12.2 Å². The van der Waals surface area contributed by atoms with Crippen molar-refractivity contribution in [2.45, 2.75) is 58.3 Å². The van der Waals surface area contributed by atoms with Gasteiger partial charge in [0.25, 0.3) is 0 Å². The van der Waals surface area contributed by atoms with E-state index in [1.54, 1.807) is 0 Å². The summed E-state index contributed by atoms with van der Waals surface area (Å²) >= 11 is 5.22. The SMILES string of the molecule is CCCC/C=C\CCCCCC(=O)Cl. The minimum Gasteiger partial charge on any atom is -0.281 e. The van der Waals surface area contributed by atoms with Crippen molar-refractivity contribution in [2.75, 3.05) is 0 Å². The summed E-state index contributed by atoms with van der Waals surface area (Å²) in [4.78, 5) is 10.4. The van der Waals surface area contributed by atoms with Crippen LogP contribution in [0.4, 0.5) is 0 Å². The van der Waals surface area contributed by atoms with Gasteiger partial charge in [0.05, 0.1) is 0 Å². The maximum Gasteiger partial charge on any atom is 0.221 e. The number of carbonyl (C=O) groups excluding carboxylic acids is 1. The monoisotopic (exact) mass is 216 g/mol. The Morgan fingerprint density at radius 3 is 2.29 bits per heavy atom. The van der Waals surface area contributed by atoms with Crippen molar-refractivity contribution in [3.63, 3.8) is 0 Å². The van der Waals surface area contributed by atoms with E-state index in [9.17, 15) is 4.79 Å². The standard InChI is InChI=1S/C12H21ClO/c1-2-3-4-5-6-7-8-9-10-11-12(13)14/h5-6H,2-4,7-11H2,1H3/b6-5-. The number of allylic oxidation sites excluding steroid dienone is 2. The molecule has 0 saturated heterocycles. The molecule has 0 heterocycles. The lowest BCUT2D eigenvalue weighted by Crippen LogP contribution is -1.85. The fourth-order valence-electron chi connectivity index (χ4n) is 1.26. The first-order valence-corrected chi connectivity index (χ1v) is 5.98. The number of hydrogen-bond donors (Lipinski definition) is 0. The summed E-state index contributed by atoms with van der Waals surface area (Å²) in [6.07, 6.45) is 13.2. The van der Waals surface area contributed by atoms with Crippen LogP contribution in [0, 0.1) is 0 Å². The molecule has 14 heavy (non-hydrogen) atoms. The van der Waals surface area contributed by atoms with E-state index in [2.05, 4.69) is 19.1 Å². The Morgan fingerprint density at radius 1 is 1.07 bits per heavy atom. The van der Waals surface area contributed by atoms with Gasteiger partial charge in [0.15, 0.2) is 0 Å². The Bertz CT molecular complexity index is 164. The Labute approximate surface area is 92.5 Å². The number of hydrogen-bond acceptors (Lipinski definition) is 1. The van der Waals surface area contributed by atoms with Crippen LogP contribution in [0.5, 0.6) is 0 Å². The highest BCUT2D eigenvalue weighted by Crippen LogP contribution is 2.06. The highest BCUT2D eigenvalue weighted by atomic mass is 35.5. The van der Waals surface area contributed by atoms with Gasteiger partial charge in [-0.15, -0.1) is 0 Å². The Hall–Kier alpha value is -0.300. The summed E-state index contributed by atoms with van der Waals surface area (Å²) in [5.41, 5.74) is 0. The Morgan fingerprint density at radius 2 is 1.71 bits per heavy atom. The molecule has 0 aliphatic rings. The summed E-state index contributed by atoms with van der Waals surface area (Å²) in [5.74, 6) is 0. The molecular weight excluding hydrogens is 196 g/mol. The third-order valence-electron chi connectivity index (χ3n) is 2.14. The van der Waals surface area contributed by atoms with Gasteiger partial charge in [0.1, 0.15) is 0 Å². The average Bonchev–Trinajstić information content (AvgIpc) is 2.15. The third kappa shape index (κ3) is 11.7. The smallest absolute Gasteiger partial charge is 0.221 e. The zero-order chi connectivity index (χ0) is 10.6. The van der Waals surface area contributed by atoms with Crippen molar-refractivity contribution in [3.8, 4) is 0 Å². The molecule has 0 bridgehead atoms. The van der Waals surface area contributed by atoms with Gasteiger partial charge in [-0.2, -0.15) is 0 Å². The zero-order valence-corrected chi connectivity index (χ0v) is 9.85. The molecule has 0 fully saturated rings. The number of carbonyl (C=O) groups is 1. The number of halogens is 1. The van der Waals surface area contributed by atoms with Crippen molar-refractivity contribution in [3.05, 3.63) is 12.2 Å². The Balaban J connectivity index is 3.05. The minimum atomic E-state index is -0.205. The Kier molecular flexibility index (Phi) is 10.5. The maximum absolute atomic E-state index is 10.4. The van der Waals surface area contributed by atoms with Gasteiger partial charge in [-0.1, -0.05) is 38.3 Å². The molecule has 0 aromatic rings. The molecule has 0 amide bonds. The molecule has 0 N–H and O–H groups in total. The van der Waals surface area contributed by atoms with Crippen molar-refractivity contribution >= 4 is 16.8 Å². The molecule has 0 atom stereocenters. The van der Waals surface area contributed by atoms with Crippen LogP contribution in [0.3, 0.4) is 0 Å². The van der Waals surface area contributed by atoms with Crippen molar-refractivity contribution in [1.82, 2.24) is 0 Å². The van der Waals surface area contributed by atoms with E-state index in [1.165, 1.54) is 25.7 Å². The maximum atomic E-state index is 10.4. The van der Waals surface area contributed by atoms with E-state index in [1.807, 2.05) is 0 Å². The van der Waals surface area contributed by atoms with Gasteiger partial charge in [-0.25, -0.2) is 0 Å². The third-order valence-corrected chi connectivity index (χ3v) is 2.32. The predicted molar refractivity (Wildman–Crippen MR) is 62.6 cm³/mol. The largest absolute Gasteiger partial charge is 0.281 e. The van der Waals surface area contributed by atoms with Crippen molar-refractivity contribution in [1.29, 1.82) is 0 Å².